The monoisotopic (exact) mass is 337 g/mol. The third kappa shape index (κ3) is 4.53. The number of aliphatic hydroxyl groups is 2. The molecule has 3 nitrogen and oxygen atoms in total. The summed E-state index contributed by atoms with van der Waals surface area (Å²) in [5.41, 5.74) is 0. The molecule has 0 spiro atoms. The molecule has 140 valence electrons. The maximum absolute atomic E-state index is 5.44. The van der Waals surface area contributed by atoms with Crippen molar-refractivity contribution in [2.75, 3.05) is 28.2 Å². The van der Waals surface area contributed by atoms with Gasteiger partial charge in [0.15, 0.2) is 12.2 Å². The van der Waals surface area contributed by atoms with Crippen molar-refractivity contribution in [3.63, 3.8) is 0 Å². The fourth-order valence-corrected chi connectivity index (χ4v) is 5.65. The van der Waals surface area contributed by atoms with Gasteiger partial charge in [0.2, 0.25) is 0 Å². The van der Waals surface area contributed by atoms with Crippen molar-refractivity contribution in [2.45, 2.75) is 94.9 Å². The molecule has 24 heavy (non-hydrogen) atoms. The average molecular weight is 338 g/mol. The van der Waals surface area contributed by atoms with Crippen molar-refractivity contribution in [1.82, 2.24) is 9.80 Å². The van der Waals surface area contributed by atoms with E-state index in [9.17, 15) is 0 Å². The van der Waals surface area contributed by atoms with Gasteiger partial charge in [-0.05, 0) is 86.0 Å². The topological polar surface area (TPSA) is 19.3 Å². The van der Waals surface area contributed by atoms with E-state index in [-0.39, 0.29) is 0 Å². The Morgan fingerprint density at radius 1 is 0.542 bits per heavy atom. The molecule has 0 aromatic carbocycles. The molecule has 3 fully saturated rings. The summed E-state index contributed by atoms with van der Waals surface area (Å²) in [5.74, 6) is 1.78. The van der Waals surface area contributed by atoms with Gasteiger partial charge >= 0.3 is 0 Å². The first-order valence-corrected chi connectivity index (χ1v) is 10.6. The minimum atomic E-state index is 0.693. The fraction of sp³-hybridized carbons (Fsp3) is 1.00. The van der Waals surface area contributed by atoms with E-state index in [0.717, 1.165) is 23.9 Å². The summed E-state index contributed by atoms with van der Waals surface area (Å²) in [6, 6.07) is 1.64. The van der Waals surface area contributed by atoms with Crippen LogP contribution in [0.5, 0.6) is 0 Å². The molecule has 1 heterocycles. The van der Waals surface area contributed by atoms with Gasteiger partial charge < -0.3 is 14.5 Å². The van der Waals surface area contributed by atoms with E-state index in [1.54, 1.807) is 0 Å². The predicted octanol–water partition coefficient (Wildman–Crippen LogP) is 3.68. The van der Waals surface area contributed by atoms with Crippen LogP contribution in [-0.2, 0) is 0 Å². The Hall–Kier alpha value is -0.120. The summed E-state index contributed by atoms with van der Waals surface area (Å²) in [5, 5.41) is 0. The Kier molecular flexibility index (Phi) is 6.62. The Morgan fingerprint density at radius 2 is 0.917 bits per heavy atom. The molecule has 2 aliphatic carbocycles. The molecule has 2 saturated carbocycles. The second-order valence-electron chi connectivity index (χ2n) is 9.28. The highest BCUT2D eigenvalue weighted by molar-refractivity contribution is 4.87. The van der Waals surface area contributed by atoms with Crippen LogP contribution in [0.3, 0.4) is 0 Å². The van der Waals surface area contributed by atoms with Gasteiger partial charge in [-0.25, -0.2) is 0 Å². The first kappa shape index (κ1) is 18.7. The van der Waals surface area contributed by atoms with E-state index in [2.05, 4.69) is 38.0 Å². The van der Waals surface area contributed by atoms with Gasteiger partial charge in [-0.1, -0.05) is 0 Å². The Balaban J connectivity index is 1.47. The lowest BCUT2D eigenvalue weighted by Gasteiger charge is -2.40. The zero-order valence-electron chi connectivity index (χ0n) is 16.6. The molecular weight excluding hydrogens is 296 g/mol. The third-order valence-corrected chi connectivity index (χ3v) is 7.41. The van der Waals surface area contributed by atoms with Crippen LogP contribution in [0.4, 0.5) is 0 Å². The van der Waals surface area contributed by atoms with Crippen LogP contribution in [0.25, 0.3) is 0 Å². The summed E-state index contributed by atoms with van der Waals surface area (Å²) < 4.78 is 5.44. The molecule has 3 heteroatoms. The molecule has 2 unspecified atom stereocenters. The van der Waals surface area contributed by atoms with E-state index in [1.807, 2.05) is 0 Å². The van der Waals surface area contributed by atoms with Gasteiger partial charge in [0.05, 0.1) is 0 Å². The lowest BCUT2D eigenvalue weighted by Crippen LogP contribution is -2.45. The number of rotatable bonds is 4. The summed E-state index contributed by atoms with van der Waals surface area (Å²) in [7, 11) is 8.98. The van der Waals surface area contributed by atoms with Gasteiger partial charge in [-0.2, -0.15) is 0 Å². The lowest BCUT2D eigenvalue weighted by atomic mass is 9.77. The Labute approximate surface area is 150 Å². The maximum Gasteiger partial charge on any atom is 0.157 e. The van der Waals surface area contributed by atoms with Crippen LogP contribution in [0, 0.1) is 11.8 Å². The zero-order chi connectivity index (χ0) is 17.1. The molecule has 1 N–H and O–H groups in total. The van der Waals surface area contributed by atoms with Crippen LogP contribution in [0.15, 0.2) is 0 Å². The molecule has 2 atom stereocenters. The van der Waals surface area contributed by atoms with Crippen molar-refractivity contribution in [2.24, 2.45) is 11.8 Å². The Morgan fingerprint density at radius 3 is 1.25 bits per heavy atom. The highest BCUT2D eigenvalue weighted by Gasteiger charge is 2.40. The molecule has 1 saturated heterocycles. The quantitative estimate of drug-likeness (QED) is 0.729. The van der Waals surface area contributed by atoms with E-state index < -0.39 is 0 Å². The van der Waals surface area contributed by atoms with Gasteiger partial charge in [-0.15, -0.1) is 0 Å². The third-order valence-electron chi connectivity index (χ3n) is 7.41. The van der Waals surface area contributed by atoms with E-state index in [4.69, 9.17) is 4.74 Å². The van der Waals surface area contributed by atoms with Gasteiger partial charge in [-0.3, -0.25) is 0 Å². The van der Waals surface area contributed by atoms with Crippen LogP contribution >= 0.6 is 0 Å². The van der Waals surface area contributed by atoms with E-state index >= 15 is 0 Å². The summed E-state index contributed by atoms with van der Waals surface area (Å²) in [4.78, 5) is 4.86. The standard InChI is InChI=1S/C21H40N2O/c1-22(2)18-12-8-16(9-13-18)20-6-5-7-21(24-20)17-10-14-19(15-11-17)23(3)4/h16-21H,5-15H2,1-4H3/p+1. The Bertz CT molecular complexity index is 334. The largest absolute Gasteiger partial charge is 0.429 e. The van der Waals surface area contributed by atoms with Crippen molar-refractivity contribution in [3.8, 4) is 0 Å². The van der Waals surface area contributed by atoms with Crippen LogP contribution in [0.2, 0.25) is 0 Å². The molecule has 3 aliphatic rings. The number of ether oxygens (including phenoxy) is 1. The van der Waals surface area contributed by atoms with Crippen molar-refractivity contribution < 1.29 is 4.74 Å². The molecular formula is C21H41N2O+. The molecule has 3 rings (SSSR count). The maximum atomic E-state index is 5.44. The number of hydrogen-bond acceptors (Lipinski definition) is 2. The van der Waals surface area contributed by atoms with E-state index in [0.29, 0.717) is 12.2 Å². The minimum absolute atomic E-state index is 0.693. The average Bonchev–Trinajstić information content (AvgIpc) is 2.62. The smallest absolute Gasteiger partial charge is 0.157 e. The second kappa shape index (κ2) is 8.51. The predicted molar refractivity (Wildman–Crippen MR) is 103 cm³/mol. The zero-order valence-corrected chi connectivity index (χ0v) is 16.6. The summed E-state index contributed by atoms with van der Waals surface area (Å²) >= 11 is 0. The molecule has 0 radical (unpaired) electrons. The molecule has 1 aliphatic heterocycles. The first-order chi connectivity index (χ1) is 11.5. The lowest BCUT2D eigenvalue weighted by molar-refractivity contribution is -0.231. The van der Waals surface area contributed by atoms with Crippen LogP contribution in [0.1, 0.15) is 70.6 Å². The van der Waals surface area contributed by atoms with Crippen molar-refractivity contribution >= 4 is 0 Å². The second-order valence-corrected chi connectivity index (χ2v) is 9.28. The highest BCUT2D eigenvalue weighted by atomic mass is 16.5. The minimum Gasteiger partial charge on any atom is -0.429 e. The highest BCUT2D eigenvalue weighted by Crippen LogP contribution is 2.38. The molecule has 0 aromatic rings. The molecule has 0 amide bonds. The fourth-order valence-electron chi connectivity index (χ4n) is 5.65. The molecule has 0 aromatic heterocycles. The van der Waals surface area contributed by atoms with Gasteiger partial charge in [0.1, 0.15) is 0 Å². The summed E-state index contributed by atoms with van der Waals surface area (Å²) in [6.07, 6.45) is 16.8. The number of nitrogens with zero attached hydrogens (tertiary/aromatic N) is 2. The van der Waals surface area contributed by atoms with Crippen molar-refractivity contribution in [3.05, 3.63) is 0 Å². The van der Waals surface area contributed by atoms with Crippen molar-refractivity contribution in [1.29, 1.82) is 0 Å². The van der Waals surface area contributed by atoms with Gasteiger partial charge in [0, 0.05) is 36.8 Å². The first-order valence-electron chi connectivity index (χ1n) is 10.6. The SMILES string of the molecule is CN(C)C1CCC(C2CCCC(C3CCC(N(C)C)CC3)[OH+]2)CC1. The molecule has 0 bridgehead atoms. The van der Waals surface area contributed by atoms with Gasteiger partial charge in [0.25, 0.3) is 0 Å². The van der Waals surface area contributed by atoms with Crippen LogP contribution < -0.4 is 0 Å². The summed E-state index contributed by atoms with van der Waals surface area (Å²) in [6.45, 7) is 0. The normalized spacial score (nSPS) is 41.8. The number of hydrogen-bond donors (Lipinski definition) is 0. The van der Waals surface area contributed by atoms with E-state index in [1.165, 1.54) is 70.6 Å². The van der Waals surface area contributed by atoms with Crippen LogP contribution in [-0.4, -0.2) is 67.0 Å².